The molecule has 1 saturated heterocycles. The molecule has 1 amide bonds. The zero-order valence-electron chi connectivity index (χ0n) is 13.7. The van der Waals surface area contributed by atoms with Crippen LogP contribution < -0.4 is 5.73 Å². The van der Waals surface area contributed by atoms with Crippen LogP contribution in [0.2, 0.25) is 5.02 Å². The van der Waals surface area contributed by atoms with Crippen LogP contribution in [0, 0.1) is 0 Å². The van der Waals surface area contributed by atoms with E-state index in [4.69, 9.17) is 17.3 Å². The van der Waals surface area contributed by atoms with E-state index in [0.29, 0.717) is 11.4 Å². The van der Waals surface area contributed by atoms with E-state index >= 15 is 0 Å². The minimum absolute atomic E-state index is 0.00312. The lowest BCUT2D eigenvalue weighted by molar-refractivity contribution is -0.134. The second kappa shape index (κ2) is 7.64. The van der Waals surface area contributed by atoms with Crippen molar-refractivity contribution in [1.82, 2.24) is 9.88 Å². The highest BCUT2D eigenvalue weighted by atomic mass is 35.5. The second-order valence-corrected chi connectivity index (χ2v) is 7.58. The molecule has 2 atom stereocenters. The van der Waals surface area contributed by atoms with E-state index in [1.165, 1.54) is 11.3 Å². The minimum atomic E-state index is 0.00312. The molecule has 0 spiro atoms. The van der Waals surface area contributed by atoms with Crippen molar-refractivity contribution < 1.29 is 4.79 Å². The van der Waals surface area contributed by atoms with E-state index in [2.05, 4.69) is 4.98 Å². The number of nitrogens with two attached hydrogens (primary N) is 1. The number of piperidine rings is 1. The van der Waals surface area contributed by atoms with Crippen LogP contribution >= 0.6 is 22.9 Å². The van der Waals surface area contributed by atoms with Gasteiger partial charge in [-0.15, -0.1) is 11.3 Å². The topological polar surface area (TPSA) is 59.2 Å². The fraction of sp³-hybridized carbons (Fsp3) is 0.444. The molecule has 0 saturated carbocycles. The quantitative estimate of drug-likeness (QED) is 0.900. The summed E-state index contributed by atoms with van der Waals surface area (Å²) >= 11 is 7.75. The molecule has 2 N–H and O–H groups in total. The van der Waals surface area contributed by atoms with Crippen LogP contribution in [0.1, 0.15) is 31.9 Å². The molecule has 3 rings (SSSR count). The normalized spacial score (nSPS) is 19.3. The number of aromatic nitrogens is 1. The summed E-state index contributed by atoms with van der Waals surface area (Å²) in [4.78, 5) is 19.3. The van der Waals surface area contributed by atoms with Gasteiger partial charge in [-0.25, -0.2) is 4.98 Å². The maximum Gasteiger partial charge on any atom is 0.228 e. The summed E-state index contributed by atoms with van der Waals surface area (Å²) < 4.78 is 0. The minimum Gasteiger partial charge on any atom is -0.338 e. The molecule has 24 heavy (non-hydrogen) atoms. The average molecular weight is 364 g/mol. The van der Waals surface area contributed by atoms with Gasteiger partial charge in [0.2, 0.25) is 5.91 Å². The molecule has 128 valence electrons. The SMILES string of the molecule is CC(N)C1CCCCN1C(=O)Cc1csc(-c2ccccc2Cl)n1. The van der Waals surface area contributed by atoms with E-state index < -0.39 is 0 Å². The molecule has 2 aromatic rings. The molecule has 1 aromatic heterocycles. The Bertz CT molecular complexity index is 716. The Balaban J connectivity index is 1.72. The van der Waals surface area contributed by atoms with Gasteiger partial charge in [-0.1, -0.05) is 29.8 Å². The molecule has 6 heteroatoms. The molecule has 0 radical (unpaired) electrons. The largest absolute Gasteiger partial charge is 0.338 e. The Morgan fingerprint density at radius 3 is 3.00 bits per heavy atom. The summed E-state index contributed by atoms with van der Waals surface area (Å²) in [5.74, 6) is 0.119. The molecule has 1 aliphatic heterocycles. The van der Waals surface area contributed by atoms with Crippen molar-refractivity contribution >= 4 is 28.8 Å². The van der Waals surface area contributed by atoms with Crippen molar-refractivity contribution in [2.45, 2.75) is 44.7 Å². The van der Waals surface area contributed by atoms with Gasteiger partial charge in [0.25, 0.3) is 0 Å². The lowest BCUT2D eigenvalue weighted by Crippen LogP contribution is -2.52. The number of carbonyl (C=O) groups is 1. The van der Waals surface area contributed by atoms with Crippen molar-refractivity contribution in [3.05, 3.63) is 40.4 Å². The first-order valence-corrected chi connectivity index (χ1v) is 9.56. The van der Waals surface area contributed by atoms with Crippen LogP contribution in [-0.4, -0.2) is 34.4 Å². The van der Waals surface area contributed by atoms with Crippen LogP contribution in [0.5, 0.6) is 0 Å². The predicted molar refractivity (Wildman–Crippen MR) is 99.3 cm³/mol. The molecule has 0 bridgehead atoms. The number of benzene rings is 1. The number of nitrogens with zero attached hydrogens (tertiary/aromatic N) is 2. The Hall–Kier alpha value is -1.43. The smallest absolute Gasteiger partial charge is 0.228 e. The predicted octanol–water partition coefficient (Wildman–Crippen LogP) is 3.73. The van der Waals surface area contributed by atoms with Gasteiger partial charge in [0.05, 0.1) is 17.1 Å². The summed E-state index contributed by atoms with van der Waals surface area (Å²) in [6.07, 6.45) is 3.51. The van der Waals surface area contributed by atoms with E-state index in [-0.39, 0.29) is 18.0 Å². The number of likely N-dealkylation sites (tertiary alicyclic amines) is 1. The third-order valence-electron chi connectivity index (χ3n) is 4.46. The van der Waals surface area contributed by atoms with Crippen LogP contribution in [0.4, 0.5) is 0 Å². The summed E-state index contributed by atoms with van der Waals surface area (Å²) in [6, 6.07) is 7.78. The van der Waals surface area contributed by atoms with Crippen LogP contribution in [0.15, 0.2) is 29.6 Å². The Kier molecular flexibility index (Phi) is 5.54. The van der Waals surface area contributed by atoms with Gasteiger partial charge in [-0.3, -0.25) is 4.79 Å². The molecule has 1 aliphatic rings. The van der Waals surface area contributed by atoms with Crippen molar-refractivity contribution in [1.29, 1.82) is 0 Å². The van der Waals surface area contributed by atoms with Crippen LogP contribution in [0.25, 0.3) is 10.6 Å². The molecule has 0 aliphatic carbocycles. The lowest BCUT2D eigenvalue weighted by Gasteiger charge is -2.38. The van der Waals surface area contributed by atoms with Gasteiger partial charge >= 0.3 is 0 Å². The average Bonchev–Trinajstić information content (AvgIpc) is 3.03. The molecule has 2 heterocycles. The van der Waals surface area contributed by atoms with Gasteiger partial charge < -0.3 is 10.6 Å². The van der Waals surface area contributed by atoms with E-state index in [1.54, 1.807) is 0 Å². The van der Waals surface area contributed by atoms with Crippen molar-refractivity contribution in [3.63, 3.8) is 0 Å². The maximum atomic E-state index is 12.7. The van der Waals surface area contributed by atoms with E-state index in [9.17, 15) is 4.79 Å². The Labute approximate surface area is 151 Å². The number of rotatable bonds is 4. The molecular weight excluding hydrogens is 342 g/mol. The molecule has 2 unspecified atom stereocenters. The molecule has 1 aromatic carbocycles. The summed E-state index contributed by atoms with van der Waals surface area (Å²) in [6.45, 7) is 2.78. The highest BCUT2D eigenvalue weighted by Crippen LogP contribution is 2.30. The third-order valence-corrected chi connectivity index (χ3v) is 5.72. The lowest BCUT2D eigenvalue weighted by atomic mass is 9.96. The highest BCUT2D eigenvalue weighted by molar-refractivity contribution is 7.13. The molecule has 4 nitrogen and oxygen atoms in total. The first-order chi connectivity index (χ1) is 11.6. The number of carbonyl (C=O) groups excluding carboxylic acids is 1. The van der Waals surface area contributed by atoms with E-state index in [1.807, 2.05) is 41.5 Å². The van der Waals surface area contributed by atoms with Gasteiger partial charge in [0.15, 0.2) is 0 Å². The van der Waals surface area contributed by atoms with E-state index in [0.717, 1.165) is 42.1 Å². The number of amides is 1. The first-order valence-electron chi connectivity index (χ1n) is 8.30. The number of hydrogen-bond acceptors (Lipinski definition) is 4. The van der Waals surface area contributed by atoms with Gasteiger partial charge in [0.1, 0.15) is 5.01 Å². The van der Waals surface area contributed by atoms with Gasteiger partial charge in [-0.2, -0.15) is 0 Å². The summed E-state index contributed by atoms with van der Waals surface area (Å²) in [5.41, 5.74) is 7.77. The van der Waals surface area contributed by atoms with Gasteiger partial charge in [0, 0.05) is 29.6 Å². The number of thiazole rings is 1. The summed E-state index contributed by atoms with van der Waals surface area (Å²) in [7, 11) is 0. The fourth-order valence-corrected chi connectivity index (χ4v) is 4.36. The standard InChI is InChI=1S/C18H22ClN3OS/c1-12(20)16-8-4-5-9-22(16)17(23)10-13-11-24-18(21-13)14-6-2-3-7-15(14)19/h2-3,6-7,11-12,16H,4-5,8-10,20H2,1H3. The monoisotopic (exact) mass is 363 g/mol. The van der Waals surface area contributed by atoms with Crippen LogP contribution in [-0.2, 0) is 11.2 Å². The van der Waals surface area contributed by atoms with Crippen molar-refractivity contribution in [2.75, 3.05) is 6.54 Å². The van der Waals surface area contributed by atoms with Gasteiger partial charge in [-0.05, 0) is 32.3 Å². The summed E-state index contributed by atoms with van der Waals surface area (Å²) in [5, 5.41) is 3.48. The van der Waals surface area contributed by atoms with Crippen molar-refractivity contribution in [3.8, 4) is 10.6 Å². The second-order valence-electron chi connectivity index (χ2n) is 6.31. The number of hydrogen-bond donors (Lipinski definition) is 1. The number of halogens is 1. The van der Waals surface area contributed by atoms with Crippen molar-refractivity contribution in [2.24, 2.45) is 5.73 Å². The first kappa shape index (κ1) is 17.4. The maximum absolute atomic E-state index is 12.7. The third kappa shape index (κ3) is 3.79. The molecular formula is C18H22ClN3OS. The molecule has 1 fully saturated rings. The zero-order valence-corrected chi connectivity index (χ0v) is 15.3. The highest BCUT2D eigenvalue weighted by Gasteiger charge is 2.29. The van der Waals surface area contributed by atoms with Crippen LogP contribution in [0.3, 0.4) is 0 Å². The fourth-order valence-electron chi connectivity index (χ4n) is 3.22. The Morgan fingerprint density at radius 2 is 2.25 bits per heavy atom. The Morgan fingerprint density at radius 1 is 1.46 bits per heavy atom. The zero-order chi connectivity index (χ0) is 17.1.